The van der Waals surface area contributed by atoms with E-state index in [1.165, 1.54) is 5.56 Å². The van der Waals surface area contributed by atoms with Crippen LogP contribution in [0.3, 0.4) is 0 Å². The van der Waals surface area contributed by atoms with Crippen LogP contribution in [0.2, 0.25) is 0 Å². The summed E-state index contributed by atoms with van der Waals surface area (Å²) in [5, 5.41) is 0. The lowest BCUT2D eigenvalue weighted by Gasteiger charge is -2.25. The Morgan fingerprint density at radius 1 is 1.37 bits per heavy atom. The van der Waals surface area contributed by atoms with Gasteiger partial charge in [0.2, 0.25) is 6.29 Å². The third-order valence-electron chi connectivity index (χ3n) is 2.72. The van der Waals surface area contributed by atoms with Crippen LogP contribution in [0.4, 0.5) is 0 Å². The van der Waals surface area contributed by atoms with Gasteiger partial charge in [0.15, 0.2) is 0 Å². The zero-order valence-electron chi connectivity index (χ0n) is 11.5. The quantitative estimate of drug-likeness (QED) is 0.776. The first kappa shape index (κ1) is 15.9. The second-order valence-electron chi connectivity index (χ2n) is 4.83. The molecule has 0 spiro atoms. The molecule has 1 unspecified atom stereocenters. The van der Waals surface area contributed by atoms with Crippen molar-refractivity contribution in [2.45, 2.75) is 32.5 Å². The van der Waals surface area contributed by atoms with Gasteiger partial charge in [-0.1, -0.05) is 18.2 Å². The Labute approximate surface area is 114 Å². The molecule has 6 heteroatoms. The van der Waals surface area contributed by atoms with Crippen molar-refractivity contribution in [3.63, 3.8) is 0 Å². The van der Waals surface area contributed by atoms with Crippen LogP contribution in [-0.4, -0.2) is 32.1 Å². The Morgan fingerprint density at radius 3 is 2.37 bits per heavy atom. The van der Waals surface area contributed by atoms with E-state index in [1.54, 1.807) is 0 Å². The van der Waals surface area contributed by atoms with E-state index in [-0.39, 0.29) is 11.7 Å². The summed E-state index contributed by atoms with van der Waals surface area (Å²) in [6.07, 6.45) is 0.456. The Balaban J connectivity index is 0.000000312. The van der Waals surface area contributed by atoms with Crippen LogP contribution in [0.1, 0.15) is 26.3 Å². The topological polar surface area (TPSA) is 75.7 Å². The van der Waals surface area contributed by atoms with E-state index in [4.69, 9.17) is 22.4 Å². The highest BCUT2D eigenvalue weighted by Gasteiger charge is 2.41. The first-order valence-electron chi connectivity index (χ1n) is 5.95. The molecule has 19 heavy (non-hydrogen) atoms. The van der Waals surface area contributed by atoms with Crippen LogP contribution in [0.25, 0.3) is 0 Å². The molecule has 0 saturated carbocycles. The van der Waals surface area contributed by atoms with E-state index >= 15 is 0 Å². The molecule has 0 radical (unpaired) electrons. The second kappa shape index (κ2) is 5.90. The van der Waals surface area contributed by atoms with E-state index < -0.39 is 10.1 Å². The molecule has 0 saturated heterocycles. The molecule has 108 valence electrons. The Bertz CT molecular complexity index is 514. The van der Waals surface area contributed by atoms with Crippen molar-refractivity contribution in [3.8, 4) is 5.75 Å². The third-order valence-corrected chi connectivity index (χ3v) is 2.72. The number of hydrogen-bond donors (Lipinski definition) is 0. The van der Waals surface area contributed by atoms with E-state index in [2.05, 4.69) is 19.9 Å². The van der Waals surface area contributed by atoms with Gasteiger partial charge in [0.1, 0.15) is 5.75 Å². The number of para-hydroxylation sites is 1. The predicted molar refractivity (Wildman–Crippen MR) is 71.1 cm³/mol. The molecule has 0 N–H and O–H groups in total. The molecule has 1 atom stereocenters. The van der Waals surface area contributed by atoms with Crippen LogP contribution >= 0.6 is 0 Å². The van der Waals surface area contributed by atoms with Crippen LogP contribution in [0.5, 0.6) is 5.75 Å². The highest BCUT2D eigenvalue weighted by molar-refractivity contribution is 7.84. The van der Waals surface area contributed by atoms with Gasteiger partial charge in [0.25, 0.3) is 0 Å². The highest BCUT2D eigenvalue weighted by atomic mass is 32.2. The van der Waals surface area contributed by atoms with E-state index in [0.29, 0.717) is 12.9 Å². The molecule has 1 aromatic carbocycles. The molecule has 0 aromatic heterocycles. The Kier molecular flexibility index (Phi) is 4.95. The SMILES string of the molecule is CCOC1Oc2ccccc2C1(C)C.CS(=O)(=O)[O-]. The number of rotatable bonds is 2. The van der Waals surface area contributed by atoms with Gasteiger partial charge in [-0.3, -0.25) is 0 Å². The summed E-state index contributed by atoms with van der Waals surface area (Å²) in [6.45, 7) is 6.98. The molecule has 1 aliphatic rings. The maximum atomic E-state index is 9.08. The molecule has 0 bridgehead atoms. The summed E-state index contributed by atoms with van der Waals surface area (Å²) in [6, 6.07) is 8.13. The van der Waals surface area contributed by atoms with Gasteiger partial charge in [-0.25, -0.2) is 8.42 Å². The summed E-state index contributed by atoms with van der Waals surface area (Å²) < 4.78 is 38.5. The van der Waals surface area contributed by atoms with Gasteiger partial charge in [0.05, 0.1) is 15.5 Å². The Hall–Kier alpha value is -1.11. The maximum absolute atomic E-state index is 9.08. The largest absolute Gasteiger partial charge is 0.748 e. The minimum absolute atomic E-state index is 0.0490. The molecule has 0 fully saturated rings. The lowest BCUT2D eigenvalue weighted by atomic mass is 9.85. The monoisotopic (exact) mass is 287 g/mol. The number of fused-ring (bicyclic) bond motifs is 1. The number of benzene rings is 1. The van der Waals surface area contributed by atoms with Crippen LogP contribution in [-0.2, 0) is 20.3 Å². The first-order valence-corrected chi connectivity index (χ1v) is 7.76. The van der Waals surface area contributed by atoms with Crippen molar-refractivity contribution in [2.24, 2.45) is 0 Å². The van der Waals surface area contributed by atoms with Crippen LogP contribution < -0.4 is 4.74 Å². The molecule has 2 rings (SSSR count). The van der Waals surface area contributed by atoms with Crippen molar-refractivity contribution in [3.05, 3.63) is 29.8 Å². The van der Waals surface area contributed by atoms with Crippen molar-refractivity contribution in [2.75, 3.05) is 12.9 Å². The molecule has 5 nitrogen and oxygen atoms in total. The van der Waals surface area contributed by atoms with Crippen molar-refractivity contribution >= 4 is 10.1 Å². The predicted octanol–water partition coefficient (Wildman–Crippen LogP) is 1.88. The van der Waals surface area contributed by atoms with E-state index in [9.17, 15) is 0 Å². The fourth-order valence-electron chi connectivity index (χ4n) is 1.89. The minimum atomic E-state index is -3.92. The Morgan fingerprint density at radius 2 is 1.89 bits per heavy atom. The molecular formula is C13H19O5S-. The summed E-state index contributed by atoms with van der Waals surface area (Å²) >= 11 is 0. The zero-order chi connectivity index (χ0) is 14.7. The van der Waals surface area contributed by atoms with Gasteiger partial charge in [0, 0.05) is 18.4 Å². The normalized spacial score (nSPS) is 19.9. The molecule has 0 aliphatic carbocycles. The van der Waals surface area contributed by atoms with Gasteiger partial charge < -0.3 is 14.0 Å². The second-order valence-corrected chi connectivity index (χ2v) is 6.24. The average Bonchev–Trinajstić information content (AvgIpc) is 2.50. The standard InChI is InChI=1S/C12H16O2.CH4O3S/c1-4-13-11-12(2,3)9-7-5-6-8-10(9)14-11;1-5(2,3)4/h5-8,11H,4H2,1-3H3;1H3,(H,2,3,4)/p-1. The van der Waals surface area contributed by atoms with Crippen LogP contribution in [0.15, 0.2) is 24.3 Å². The van der Waals surface area contributed by atoms with Gasteiger partial charge in [-0.05, 0) is 26.8 Å². The third kappa shape index (κ3) is 4.49. The van der Waals surface area contributed by atoms with E-state index in [1.807, 2.05) is 25.1 Å². The lowest BCUT2D eigenvalue weighted by molar-refractivity contribution is -0.0981. The number of hydrogen-bond acceptors (Lipinski definition) is 5. The number of ether oxygens (including phenoxy) is 2. The molecule has 1 aromatic rings. The molecule has 1 heterocycles. The minimum Gasteiger partial charge on any atom is -0.748 e. The van der Waals surface area contributed by atoms with Gasteiger partial charge in [-0.15, -0.1) is 0 Å². The van der Waals surface area contributed by atoms with Crippen molar-refractivity contribution in [1.29, 1.82) is 0 Å². The summed E-state index contributed by atoms with van der Waals surface area (Å²) in [5.41, 5.74) is 1.19. The first-order chi connectivity index (χ1) is 8.66. The molecule has 1 aliphatic heterocycles. The van der Waals surface area contributed by atoms with E-state index in [0.717, 1.165) is 5.75 Å². The molecule has 0 amide bonds. The van der Waals surface area contributed by atoms with Crippen molar-refractivity contribution in [1.82, 2.24) is 0 Å². The summed E-state index contributed by atoms with van der Waals surface area (Å²) in [7, 11) is -3.92. The lowest BCUT2D eigenvalue weighted by Crippen LogP contribution is -2.34. The average molecular weight is 287 g/mol. The zero-order valence-corrected chi connectivity index (χ0v) is 12.4. The highest BCUT2D eigenvalue weighted by Crippen LogP contribution is 2.42. The fraction of sp³-hybridized carbons (Fsp3) is 0.538. The fourth-order valence-corrected chi connectivity index (χ4v) is 1.89. The van der Waals surface area contributed by atoms with Crippen LogP contribution in [0, 0.1) is 0 Å². The molecular weight excluding hydrogens is 268 g/mol. The van der Waals surface area contributed by atoms with Gasteiger partial charge >= 0.3 is 0 Å². The smallest absolute Gasteiger partial charge is 0.209 e. The van der Waals surface area contributed by atoms with Gasteiger partial charge in [-0.2, -0.15) is 0 Å². The summed E-state index contributed by atoms with van der Waals surface area (Å²) in [4.78, 5) is 0. The van der Waals surface area contributed by atoms with Crippen molar-refractivity contribution < 1.29 is 22.4 Å². The summed E-state index contributed by atoms with van der Waals surface area (Å²) in [5.74, 6) is 0.955. The maximum Gasteiger partial charge on any atom is 0.209 e.